The van der Waals surface area contributed by atoms with Crippen molar-refractivity contribution in [2.24, 2.45) is 5.92 Å². The Bertz CT molecular complexity index is 631. The predicted octanol–water partition coefficient (Wildman–Crippen LogP) is 7.90. The van der Waals surface area contributed by atoms with Crippen LogP contribution in [-0.2, 0) is 0 Å². The van der Waals surface area contributed by atoms with Gasteiger partial charge in [0.25, 0.3) is 0 Å². The summed E-state index contributed by atoms with van der Waals surface area (Å²) in [4.78, 5) is 0. The fourth-order valence-electron chi connectivity index (χ4n) is 2.67. The summed E-state index contributed by atoms with van der Waals surface area (Å²) < 4.78 is 38.1. The van der Waals surface area contributed by atoms with Crippen LogP contribution in [0.5, 0.6) is 11.5 Å². The Morgan fingerprint density at radius 1 is 0.759 bits per heavy atom. The quantitative estimate of drug-likeness (QED) is 0.420. The third-order valence-corrected chi connectivity index (χ3v) is 4.19. The molecule has 0 heterocycles. The van der Waals surface area contributed by atoms with Crippen molar-refractivity contribution >= 4 is 0 Å². The molecule has 0 N–H and O–H groups in total. The molecule has 0 aliphatic carbocycles. The van der Waals surface area contributed by atoms with E-state index >= 15 is 0 Å². The summed E-state index contributed by atoms with van der Waals surface area (Å²) in [7, 11) is 0. The van der Waals surface area contributed by atoms with Crippen LogP contribution >= 0.6 is 0 Å². The van der Waals surface area contributed by atoms with Crippen LogP contribution in [0.25, 0.3) is 0 Å². The highest BCUT2D eigenvalue weighted by molar-refractivity contribution is 5.33. The van der Waals surface area contributed by atoms with Crippen molar-refractivity contribution in [1.82, 2.24) is 0 Å². The van der Waals surface area contributed by atoms with E-state index in [-0.39, 0.29) is 17.6 Å². The lowest BCUT2D eigenvalue weighted by Gasteiger charge is -2.20. The zero-order valence-corrected chi connectivity index (χ0v) is 19.1. The van der Waals surface area contributed by atoms with Crippen LogP contribution in [0.3, 0.4) is 0 Å². The molecule has 0 aliphatic heterocycles. The van der Waals surface area contributed by atoms with Crippen molar-refractivity contribution in [3.05, 3.63) is 59.2 Å². The first-order valence-electron chi connectivity index (χ1n) is 10.8. The number of hydrogen-bond acceptors (Lipinski definition) is 2. The zero-order chi connectivity index (χ0) is 22.2. The van der Waals surface area contributed by atoms with E-state index in [0.717, 1.165) is 30.4 Å². The van der Waals surface area contributed by atoms with Crippen molar-refractivity contribution < 1.29 is 18.3 Å². The lowest BCUT2D eigenvalue weighted by atomic mass is 10.0. The summed E-state index contributed by atoms with van der Waals surface area (Å²) in [5.74, 6) is 1.08. The monoisotopic (exact) mass is 408 g/mol. The zero-order valence-electron chi connectivity index (χ0n) is 19.1. The molecule has 2 rings (SSSR count). The van der Waals surface area contributed by atoms with Gasteiger partial charge in [-0.1, -0.05) is 47.5 Å². The van der Waals surface area contributed by atoms with E-state index in [1.807, 2.05) is 41.5 Å². The maximum absolute atomic E-state index is 13.2. The Kier molecular flexibility index (Phi) is 14.6. The Hall–Kier alpha value is -2.10. The van der Waals surface area contributed by atoms with E-state index in [1.165, 1.54) is 24.3 Å². The van der Waals surface area contributed by atoms with Gasteiger partial charge in [-0.3, -0.25) is 0 Å². The van der Waals surface area contributed by atoms with Crippen LogP contribution in [0.1, 0.15) is 65.0 Å². The summed E-state index contributed by atoms with van der Waals surface area (Å²) in [5, 5.41) is 0. The number of benzene rings is 2. The van der Waals surface area contributed by atoms with Gasteiger partial charge in [0.2, 0.25) is 0 Å². The van der Waals surface area contributed by atoms with Crippen LogP contribution in [0, 0.1) is 31.4 Å². The molecule has 0 atom stereocenters. The summed E-state index contributed by atoms with van der Waals surface area (Å²) >= 11 is 0. The topological polar surface area (TPSA) is 18.5 Å². The highest BCUT2D eigenvalue weighted by atomic mass is 19.1. The van der Waals surface area contributed by atoms with Gasteiger partial charge in [0.1, 0.15) is 23.1 Å². The molecule has 0 saturated heterocycles. The van der Waals surface area contributed by atoms with Crippen LogP contribution < -0.4 is 9.47 Å². The number of unbranched alkanes of at least 4 members (excludes halogenated alkanes) is 1. The molecule has 0 saturated carbocycles. The molecule has 2 aromatic carbocycles. The summed E-state index contributed by atoms with van der Waals surface area (Å²) in [6.07, 6.45) is 3.17. The molecule has 0 spiro atoms. The second-order valence-corrected chi connectivity index (χ2v) is 6.45. The molecule has 0 fully saturated rings. The van der Waals surface area contributed by atoms with Crippen LogP contribution in [0.15, 0.2) is 36.4 Å². The first kappa shape index (κ1) is 26.9. The maximum Gasteiger partial charge on any atom is 0.123 e. The Morgan fingerprint density at radius 2 is 1.17 bits per heavy atom. The van der Waals surface area contributed by atoms with E-state index in [0.29, 0.717) is 24.7 Å². The highest BCUT2D eigenvalue weighted by Crippen LogP contribution is 2.22. The molecule has 2 aromatic rings. The van der Waals surface area contributed by atoms with Crippen LogP contribution in [0.4, 0.5) is 8.78 Å². The van der Waals surface area contributed by atoms with E-state index in [1.54, 1.807) is 12.1 Å². The highest BCUT2D eigenvalue weighted by Gasteiger charge is 2.13. The molecule has 0 amide bonds. The summed E-state index contributed by atoms with van der Waals surface area (Å²) in [5.41, 5.74) is 1.56. The van der Waals surface area contributed by atoms with E-state index in [9.17, 15) is 8.78 Å². The van der Waals surface area contributed by atoms with Crippen molar-refractivity contribution in [1.29, 1.82) is 0 Å². The van der Waals surface area contributed by atoms with Crippen molar-refractivity contribution in [3.8, 4) is 11.5 Å². The maximum atomic E-state index is 13.2. The average Bonchev–Trinajstić information content (AvgIpc) is 2.72. The number of ether oxygens (including phenoxy) is 2. The Labute approximate surface area is 176 Å². The molecule has 2 nitrogen and oxygen atoms in total. The van der Waals surface area contributed by atoms with Gasteiger partial charge >= 0.3 is 0 Å². The number of aryl methyl sites for hydroxylation is 2. The van der Waals surface area contributed by atoms with Gasteiger partial charge in [0.05, 0.1) is 13.2 Å². The van der Waals surface area contributed by atoms with Crippen LogP contribution in [0.2, 0.25) is 0 Å². The Morgan fingerprint density at radius 3 is 1.52 bits per heavy atom. The molecule has 0 unspecified atom stereocenters. The molecule has 164 valence electrons. The van der Waals surface area contributed by atoms with Gasteiger partial charge in [0, 0.05) is 5.92 Å². The van der Waals surface area contributed by atoms with E-state index in [2.05, 4.69) is 6.92 Å². The average molecular weight is 409 g/mol. The lowest BCUT2D eigenvalue weighted by molar-refractivity contribution is 0.166. The van der Waals surface area contributed by atoms with Gasteiger partial charge < -0.3 is 9.47 Å². The number of hydrogen-bond donors (Lipinski definition) is 0. The smallest absolute Gasteiger partial charge is 0.123 e. The van der Waals surface area contributed by atoms with Gasteiger partial charge in [-0.05, 0) is 67.8 Å². The lowest BCUT2D eigenvalue weighted by Crippen LogP contribution is -2.20. The minimum atomic E-state index is -0.262. The number of halogens is 2. The molecular weight excluding hydrogens is 370 g/mol. The minimum absolute atomic E-state index is 0.217. The first-order chi connectivity index (χ1) is 14.0. The number of rotatable bonds is 9. The summed E-state index contributed by atoms with van der Waals surface area (Å²) in [6, 6.07) is 9.06. The van der Waals surface area contributed by atoms with Crippen molar-refractivity contribution in [2.75, 3.05) is 13.2 Å². The standard InChI is InChI=1S/C21H26F2O2.2C2H6/c1-4-5-6-17(13-24-20-9-7-18(22)11-15(20)2)14-25-21-10-8-19(23)12-16(21)3;2*1-2/h7-12,17H,4-6,13-14H2,1-3H3;2*1-2H3. The molecular formula is C25H38F2O2. The minimum Gasteiger partial charge on any atom is -0.493 e. The van der Waals surface area contributed by atoms with Gasteiger partial charge in [0.15, 0.2) is 0 Å². The molecule has 0 radical (unpaired) electrons. The largest absolute Gasteiger partial charge is 0.493 e. The van der Waals surface area contributed by atoms with Crippen molar-refractivity contribution in [2.45, 2.75) is 67.7 Å². The van der Waals surface area contributed by atoms with Gasteiger partial charge in [-0.25, -0.2) is 8.78 Å². The van der Waals surface area contributed by atoms with Crippen LogP contribution in [-0.4, -0.2) is 13.2 Å². The third-order valence-electron chi connectivity index (χ3n) is 4.19. The molecule has 0 bridgehead atoms. The molecule has 0 aromatic heterocycles. The molecule has 4 heteroatoms. The fraction of sp³-hybridized carbons (Fsp3) is 0.520. The molecule has 29 heavy (non-hydrogen) atoms. The van der Waals surface area contributed by atoms with E-state index < -0.39 is 0 Å². The SMILES string of the molecule is CC.CC.CCCCC(COc1ccc(F)cc1C)COc1ccc(F)cc1C. The summed E-state index contributed by atoms with van der Waals surface area (Å²) in [6.45, 7) is 14.8. The molecule has 0 aliphatic rings. The fourth-order valence-corrected chi connectivity index (χ4v) is 2.67. The Balaban J connectivity index is 0.00000184. The predicted molar refractivity (Wildman–Crippen MR) is 119 cm³/mol. The third kappa shape index (κ3) is 10.3. The second kappa shape index (κ2) is 15.8. The second-order valence-electron chi connectivity index (χ2n) is 6.45. The van der Waals surface area contributed by atoms with Crippen molar-refractivity contribution in [3.63, 3.8) is 0 Å². The van der Waals surface area contributed by atoms with E-state index in [4.69, 9.17) is 9.47 Å². The normalized spacial score (nSPS) is 9.86. The van der Waals surface area contributed by atoms with Gasteiger partial charge in [-0.15, -0.1) is 0 Å². The first-order valence-corrected chi connectivity index (χ1v) is 10.8. The van der Waals surface area contributed by atoms with Gasteiger partial charge in [-0.2, -0.15) is 0 Å².